The van der Waals surface area contributed by atoms with Gasteiger partial charge in [0.05, 0.1) is 22.0 Å². The lowest BCUT2D eigenvalue weighted by Crippen LogP contribution is -2.44. The van der Waals surface area contributed by atoms with Crippen LogP contribution in [0.15, 0.2) is 52.2 Å². The second-order valence-electron chi connectivity index (χ2n) is 7.75. The summed E-state index contributed by atoms with van der Waals surface area (Å²) in [5.74, 6) is -0.718. The fourth-order valence-corrected chi connectivity index (χ4v) is 5.29. The number of nitrogens with zero attached hydrogens (tertiary/aromatic N) is 2. The van der Waals surface area contributed by atoms with Crippen LogP contribution in [0, 0.1) is 5.82 Å². The number of rotatable bonds is 5. The molecular weight excluding hydrogens is 437 g/mol. The van der Waals surface area contributed by atoms with Gasteiger partial charge in [-0.15, -0.1) is 0 Å². The average Bonchev–Trinajstić information content (AvgIpc) is 2.96. The number of hydrogen-bond acceptors (Lipinski definition) is 5. The van der Waals surface area contributed by atoms with Gasteiger partial charge in [0.25, 0.3) is 0 Å². The van der Waals surface area contributed by atoms with E-state index in [-0.39, 0.29) is 23.0 Å². The number of nitrogens with one attached hydrogen (secondary N) is 3. The molecular formula is C21H24FN5O4S. The molecule has 170 valence electrons. The number of carbonyl (C=O) groups is 1. The van der Waals surface area contributed by atoms with E-state index in [9.17, 15) is 22.4 Å². The molecule has 0 radical (unpaired) electrons. The zero-order chi connectivity index (χ0) is 22.9. The molecule has 0 aliphatic carbocycles. The summed E-state index contributed by atoms with van der Waals surface area (Å²) < 4.78 is 40.3. The van der Waals surface area contributed by atoms with E-state index in [2.05, 4.69) is 15.3 Å². The molecule has 1 unspecified atom stereocenters. The van der Waals surface area contributed by atoms with Crippen molar-refractivity contribution in [2.24, 2.45) is 0 Å². The molecule has 2 aromatic carbocycles. The number of imidazole rings is 1. The van der Waals surface area contributed by atoms with E-state index in [0.717, 1.165) is 12.1 Å². The van der Waals surface area contributed by atoms with Crippen LogP contribution in [0.2, 0.25) is 0 Å². The molecule has 1 amide bonds. The molecule has 11 heteroatoms. The molecule has 1 atom stereocenters. The van der Waals surface area contributed by atoms with Crippen LogP contribution in [0.25, 0.3) is 11.0 Å². The standard InChI is InChI=1S/C21H24FN5O4S/c1-14(20(28)23-16-5-8-18-19(13-16)25-21(29)24-18)26-9-2-10-27(12-11-26)32(30,31)17-6-3-15(22)4-7-17/h3-8,13-14H,2,9-12H2,1H3,(H,23,28)(H2,24,25,29). The third-order valence-electron chi connectivity index (χ3n) is 5.65. The van der Waals surface area contributed by atoms with E-state index < -0.39 is 21.9 Å². The number of sulfonamides is 1. The van der Waals surface area contributed by atoms with Crippen LogP contribution < -0.4 is 11.0 Å². The van der Waals surface area contributed by atoms with Gasteiger partial charge in [-0.1, -0.05) is 0 Å². The minimum atomic E-state index is -3.73. The molecule has 0 saturated carbocycles. The normalized spacial score (nSPS) is 17.2. The SMILES string of the molecule is CC(C(=O)Nc1ccc2[nH]c(=O)[nH]c2c1)N1CCCN(S(=O)(=O)c2ccc(F)cc2)CC1. The molecule has 9 nitrogen and oxygen atoms in total. The largest absolute Gasteiger partial charge is 0.325 e. The molecule has 1 saturated heterocycles. The van der Waals surface area contributed by atoms with Crippen molar-refractivity contribution in [2.75, 3.05) is 31.5 Å². The van der Waals surface area contributed by atoms with Crippen LogP contribution in [0.5, 0.6) is 0 Å². The highest BCUT2D eigenvalue weighted by atomic mass is 32.2. The molecule has 3 N–H and O–H groups in total. The number of aromatic amines is 2. The highest BCUT2D eigenvalue weighted by Gasteiger charge is 2.30. The Balaban J connectivity index is 1.41. The number of benzene rings is 2. The third-order valence-corrected chi connectivity index (χ3v) is 7.56. The first-order valence-electron chi connectivity index (χ1n) is 10.3. The van der Waals surface area contributed by atoms with Gasteiger partial charge in [-0.2, -0.15) is 4.31 Å². The Morgan fingerprint density at radius 1 is 1.03 bits per heavy atom. The summed E-state index contributed by atoms with van der Waals surface area (Å²) in [6.45, 7) is 3.28. The lowest BCUT2D eigenvalue weighted by molar-refractivity contribution is -0.120. The van der Waals surface area contributed by atoms with E-state index in [4.69, 9.17) is 0 Å². The van der Waals surface area contributed by atoms with E-state index in [1.807, 2.05) is 4.90 Å². The number of H-pyrrole nitrogens is 2. The van der Waals surface area contributed by atoms with Gasteiger partial charge in [0, 0.05) is 31.9 Å². The Bertz CT molecular complexity index is 1290. The Morgan fingerprint density at radius 3 is 2.50 bits per heavy atom. The maximum atomic E-state index is 13.2. The van der Waals surface area contributed by atoms with E-state index in [0.29, 0.717) is 42.8 Å². The van der Waals surface area contributed by atoms with Gasteiger partial charge >= 0.3 is 5.69 Å². The van der Waals surface area contributed by atoms with Crippen molar-refractivity contribution in [3.05, 3.63) is 58.8 Å². The molecule has 32 heavy (non-hydrogen) atoms. The van der Waals surface area contributed by atoms with Crippen molar-refractivity contribution in [3.8, 4) is 0 Å². The fourth-order valence-electron chi connectivity index (χ4n) is 3.82. The number of aromatic nitrogens is 2. The number of amides is 1. The zero-order valence-electron chi connectivity index (χ0n) is 17.5. The topological polar surface area (TPSA) is 118 Å². The summed E-state index contributed by atoms with van der Waals surface area (Å²) in [4.78, 5) is 31.5. The molecule has 1 aromatic heterocycles. The molecule has 1 aliphatic heterocycles. The first-order chi connectivity index (χ1) is 15.2. The molecule has 1 fully saturated rings. The fraction of sp³-hybridized carbons (Fsp3) is 0.333. The van der Waals surface area contributed by atoms with Crippen LogP contribution in [0.3, 0.4) is 0 Å². The number of hydrogen-bond donors (Lipinski definition) is 3. The molecule has 0 spiro atoms. The number of halogens is 1. The molecule has 0 bridgehead atoms. The van der Waals surface area contributed by atoms with E-state index in [1.54, 1.807) is 25.1 Å². The minimum absolute atomic E-state index is 0.0522. The summed E-state index contributed by atoms with van der Waals surface area (Å²) in [5.41, 5.74) is 1.48. The minimum Gasteiger partial charge on any atom is -0.325 e. The molecule has 1 aliphatic rings. The van der Waals surface area contributed by atoms with Gasteiger partial charge in [0.2, 0.25) is 15.9 Å². The second kappa shape index (κ2) is 8.85. The Labute approximate surface area is 184 Å². The van der Waals surface area contributed by atoms with E-state index >= 15 is 0 Å². The van der Waals surface area contributed by atoms with Crippen molar-refractivity contribution < 1.29 is 17.6 Å². The average molecular weight is 462 g/mol. The van der Waals surface area contributed by atoms with Crippen LogP contribution in [-0.2, 0) is 14.8 Å². The van der Waals surface area contributed by atoms with E-state index in [1.165, 1.54) is 16.4 Å². The lowest BCUT2D eigenvalue weighted by atomic mass is 10.2. The monoisotopic (exact) mass is 461 g/mol. The lowest BCUT2D eigenvalue weighted by Gasteiger charge is -2.27. The molecule has 3 aromatic rings. The van der Waals surface area contributed by atoms with Crippen LogP contribution in [0.4, 0.5) is 10.1 Å². The smallest absolute Gasteiger partial charge is 0.323 e. The second-order valence-corrected chi connectivity index (χ2v) is 9.69. The Morgan fingerprint density at radius 2 is 1.75 bits per heavy atom. The van der Waals surface area contributed by atoms with Crippen molar-refractivity contribution in [1.82, 2.24) is 19.2 Å². The third kappa shape index (κ3) is 4.59. The van der Waals surface area contributed by atoms with Crippen molar-refractivity contribution >= 4 is 32.7 Å². The van der Waals surface area contributed by atoms with Crippen LogP contribution >= 0.6 is 0 Å². The first-order valence-corrected chi connectivity index (χ1v) is 11.7. The molecule has 4 rings (SSSR count). The summed E-state index contributed by atoms with van der Waals surface area (Å²) in [5, 5.41) is 2.85. The quantitative estimate of drug-likeness (QED) is 0.535. The summed E-state index contributed by atoms with van der Waals surface area (Å²) >= 11 is 0. The number of carbonyl (C=O) groups excluding carboxylic acids is 1. The summed E-state index contributed by atoms with van der Waals surface area (Å²) in [7, 11) is -3.73. The van der Waals surface area contributed by atoms with Crippen LogP contribution in [-0.4, -0.2) is 65.7 Å². The van der Waals surface area contributed by atoms with Gasteiger partial charge in [0.1, 0.15) is 5.82 Å². The summed E-state index contributed by atoms with van der Waals surface area (Å²) in [6.07, 6.45) is 0.564. The highest BCUT2D eigenvalue weighted by Crippen LogP contribution is 2.20. The first kappa shape index (κ1) is 22.2. The maximum Gasteiger partial charge on any atom is 0.323 e. The van der Waals surface area contributed by atoms with Crippen molar-refractivity contribution in [1.29, 1.82) is 0 Å². The zero-order valence-corrected chi connectivity index (χ0v) is 18.3. The number of fused-ring (bicyclic) bond motifs is 1. The van der Waals surface area contributed by atoms with Crippen LogP contribution in [0.1, 0.15) is 13.3 Å². The van der Waals surface area contributed by atoms with Gasteiger partial charge in [-0.05, 0) is 55.8 Å². The maximum absolute atomic E-state index is 13.2. The highest BCUT2D eigenvalue weighted by molar-refractivity contribution is 7.89. The van der Waals surface area contributed by atoms with Gasteiger partial charge in [-0.25, -0.2) is 17.6 Å². The summed E-state index contributed by atoms with van der Waals surface area (Å²) in [6, 6.07) is 9.39. The predicted octanol–water partition coefficient (Wildman–Crippen LogP) is 1.72. The van der Waals surface area contributed by atoms with Gasteiger partial charge in [-0.3, -0.25) is 9.69 Å². The van der Waals surface area contributed by atoms with Crippen molar-refractivity contribution in [3.63, 3.8) is 0 Å². The van der Waals surface area contributed by atoms with Gasteiger partial charge < -0.3 is 15.3 Å². The van der Waals surface area contributed by atoms with Gasteiger partial charge in [0.15, 0.2) is 0 Å². The predicted molar refractivity (Wildman–Crippen MR) is 118 cm³/mol. The van der Waals surface area contributed by atoms with Crippen molar-refractivity contribution in [2.45, 2.75) is 24.3 Å². The Kier molecular flexibility index (Phi) is 6.13. The Hall–Kier alpha value is -3.02. The number of anilines is 1. The molecule has 2 heterocycles.